The number of carbonyl (C=O) groups excluding carboxylic acids is 1. The molecule has 2 aromatic heterocycles. The van der Waals surface area contributed by atoms with Gasteiger partial charge in [0.2, 0.25) is 5.91 Å². The van der Waals surface area contributed by atoms with Crippen molar-refractivity contribution in [1.82, 2.24) is 9.97 Å². The van der Waals surface area contributed by atoms with Gasteiger partial charge in [-0.1, -0.05) is 24.3 Å². The molecular weight excluding hydrogens is 322 g/mol. The molecule has 2 atom stereocenters. The fourth-order valence-electron chi connectivity index (χ4n) is 3.66. The number of primary amides is 1. The minimum Gasteiger partial charge on any atom is -0.369 e. The normalized spacial score (nSPS) is 14.2. The van der Waals surface area contributed by atoms with E-state index >= 15 is 0 Å². The summed E-state index contributed by atoms with van der Waals surface area (Å²) >= 11 is 0. The fraction of sp³-hybridized carbons (Fsp3) is 0.318. The van der Waals surface area contributed by atoms with Gasteiger partial charge in [0.25, 0.3) is 0 Å². The van der Waals surface area contributed by atoms with Gasteiger partial charge in [-0.15, -0.1) is 13.2 Å². The Kier molecular flexibility index (Phi) is 6.84. The predicted molar refractivity (Wildman–Crippen MR) is 106 cm³/mol. The van der Waals surface area contributed by atoms with Crippen LogP contribution in [0, 0.1) is 19.8 Å². The van der Waals surface area contributed by atoms with E-state index in [1.165, 1.54) is 0 Å². The van der Waals surface area contributed by atoms with Crippen molar-refractivity contribution in [3.63, 3.8) is 0 Å². The molecule has 26 heavy (non-hydrogen) atoms. The molecule has 0 aliphatic rings. The molecule has 136 valence electrons. The summed E-state index contributed by atoms with van der Waals surface area (Å²) in [5.74, 6) is -1.11. The monoisotopic (exact) mass is 349 g/mol. The molecule has 2 heterocycles. The number of amides is 1. The summed E-state index contributed by atoms with van der Waals surface area (Å²) in [7, 11) is 0. The number of pyridine rings is 2. The second-order valence-corrected chi connectivity index (χ2v) is 6.60. The van der Waals surface area contributed by atoms with E-state index in [9.17, 15) is 4.79 Å². The van der Waals surface area contributed by atoms with Gasteiger partial charge < -0.3 is 5.73 Å². The molecule has 2 rings (SSSR count). The van der Waals surface area contributed by atoms with E-state index in [0.29, 0.717) is 12.8 Å². The second-order valence-electron chi connectivity index (χ2n) is 6.60. The molecular formula is C22H27N3O. The summed E-state index contributed by atoms with van der Waals surface area (Å²) in [4.78, 5) is 21.7. The lowest BCUT2D eigenvalue weighted by Crippen LogP contribution is -2.35. The van der Waals surface area contributed by atoms with Gasteiger partial charge >= 0.3 is 0 Å². The third-order valence-corrected chi connectivity index (χ3v) is 4.84. The van der Waals surface area contributed by atoms with Gasteiger partial charge in [-0.25, -0.2) is 0 Å². The van der Waals surface area contributed by atoms with Gasteiger partial charge in [0.1, 0.15) is 0 Å². The maximum absolute atomic E-state index is 12.6. The summed E-state index contributed by atoms with van der Waals surface area (Å²) in [5.41, 5.74) is 9.77. The summed E-state index contributed by atoms with van der Waals surface area (Å²) in [6.07, 6.45) is 8.39. The minimum absolute atomic E-state index is 0.155. The molecule has 0 fully saturated rings. The van der Waals surface area contributed by atoms with E-state index in [4.69, 9.17) is 5.73 Å². The molecule has 0 saturated heterocycles. The van der Waals surface area contributed by atoms with Crippen molar-refractivity contribution in [3.05, 3.63) is 84.5 Å². The fourth-order valence-corrected chi connectivity index (χ4v) is 3.66. The maximum Gasteiger partial charge on any atom is 0.221 e. The van der Waals surface area contributed by atoms with Crippen molar-refractivity contribution >= 4 is 5.91 Å². The van der Waals surface area contributed by atoms with Crippen LogP contribution >= 0.6 is 0 Å². The Labute approximate surface area is 155 Å². The Morgan fingerprint density at radius 2 is 1.42 bits per heavy atom. The van der Waals surface area contributed by atoms with E-state index in [-0.39, 0.29) is 17.7 Å². The van der Waals surface area contributed by atoms with Crippen molar-refractivity contribution in [2.24, 2.45) is 11.7 Å². The first-order chi connectivity index (χ1) is 12.5. The van der Waals surface area contributed by atoms with Gasteiger partial charge in [0.05, 0.1) is 5.92 Å². The highest BCUT2D eigenvalue weighted by atomic mass is 16.1. The number of aromatic nitrogens is 2. The van der Waals surface area contributed by atoms with Gasteiger partial charge in [0, 0.05) is 35.6 Å². The van der Waals surface area contributed by atoms with Crippen LogP contribution in [-0.4, -0.2) is 15.9 Å². The first kappa shape index (κ1) is 19.6. The molecule has 2 unspecified atom stereocenters. The molecule has 0 radical (unpaired) electrons. The average molecular weight is 349 g/mol. The first-order valence-corrected chi connectivity index (χ1v) is 8.85. The van der Waals surface area contributed by atoms with Crippen molar-refractivity contribution < 1.29 is 4.79 Å². The van der Waals surface area contributed by atoms with Crippen LogP contribution in [0.3, 0.4) is 0 Å². The zero-order valence-corrected chi connectivity index (χ0v) is 15.6. The molecule has 4 nitrogen and oxygen atoms in total. The van der Waals surface area contributed by atoms with E-state index < -0.39 is 5.92 Å². The van der Waals surface area contributed by atoms with Crippen LogP contribution in [0.4, 0.5) is 0 Å². The highest BCUT2D eigenvalue weighted by molar-refractivity contribution is 5.79. The van der Waals surface area contributed by atoms with Crippen molar-refractivity contribution in [1.29, 1.82) is 0 Å². The lowest BCUT2D eigenvalue weighted by molar-refractivity contribution is -0.123. The lowest BCUT2D eigenvalue weighted by Gasteiger charge is -2.31. The van der Waals surface area contributed by atoms with Gasteiger partial charge in [0.15, 0.2) is 0 Å². The molecule has 4 heteroatoms. The standard InChI is InChI=1S/C22H27N3O/c1-5-9-17(20-15(3)11-7-13-24-20)19(22(23)26)18(10-6-2)21-16(4)12-8-14-25-21/h5-8,11-14,17-19H,1-2,9-10H2,3-4H3,(H2,23,26). The first-order valence-electron chi connectivity index (χ1n) is 8.85. The van der Waals surface area contributed by atoms with Crippen molar-refractivity contribution in [2.75, 3.05) is 0 Å². The summed E-state index contributed by atoms with van der Waals surface area (Å²) in [6, 6.07) is 7.80. The number of hydrogen-bond donors (Lipinski definition) is 1. The molecule has 1 amide bonds. The Morgan fingerprint density at radius 1 is 1.00 bits per heavy atom. The molecule has 2 N–H and O–H groups in total. The Hall–Kier alpha value is -2.75. The number of aryl methyl sites for hydroxylation is 2. The minimum atomic E-state index is -0.451. The number of nitrogens with zero attached hydrogens (tertiary/aromatic N) is 2. The van der Waals surface area contributed by atoms with E-state index in [1.54, 1.807) is 12.4 Å². The van der Waals surface area contributed by atoms with E-state index in [2.05, 4.69) is 23.1 Å². The van der Waals surface area contributed by atoms with Crippen LogP contribution in [0.1, 0.15) is 47.2 Å². The summed E-state index contributed by atoms with van der Waals surface area (Å²) in [5, 5.41) is 0. The zero-order valence-electron chi connectivity index (χ0n) is 15.6. The number of allylic oxidation sites excluding steroid dienone is 2. The Morgan fingerprint density at radius 3 is 1.73 bits per heavy atom. The van der Waals surface area contributed by atoms with Gasteiger partial charge in [-0.05, 0) is 49.9 Å². The van der Waals surface area contributed by atoms with Crippen LogP contribution in [0.25, 0.3) is 0 Å². The molecule has 0 aliphatic carbocycles. The lowest BCUT2D eigenvalue weighted by atomic mass is 9.73. The van der Waals surface area contributed by atoms with Crippen LogP contribution in [-0.2, 0) is 4.79 Å². The number of carbonyl (C=O) groups is 1. The average Bonchev–Trinajstić information content (AvgIpc) is 2.61. The van der Waals surface area contributed by atoms with Gasteiger partial charge in [-0.3, -0.25) is 14.8 Å². The largest absolute Gasteiger partial charge is 0.369 e. The highest BCUT2D eigenvalue weighted by Crippen LogP contribution is 2.40. The van der Waals surface area contributed by atoms with Crippen LogP contribution < -0.4 is 5.73 Å². The van der Waals surface area contributed by atoms with Crippen LogP contribution in [0.2, 0.25) is 0 Å². The third-order valence-electron chi connectivity index (χ3n) is 4.84. The van der Waals surface area contributed by atoms with Crippen molar-refractivity contribution in [2.45, 2.75) is 38.5 Å². The van der Waals surface area contributed by atoms with E-state index in [1.807, 2.05) is 50.3 Å². The molecule has 0 aliphatic heterocycles. The van der Waals surface area contributed by atoms with Crippen LogP contribution in [0.15, 0.2) is 62.0 Å². The zero-order chi connectivity index (χ0) is 19.1. The van der Waals surface area contributed by atoms with Crippen molar-refractivity contribution in [3.8, 4) is 0 Å². The quantitative estimate of drug-likeness (QED) is 0.689. The maximum atomic E-state index is 12.6. The Balaban J connectivity index is 2.60. The molecule has 0 aromatic carbocycles. The topological polar surface area (TPSA) is 68.9 Å². The molecule has 0 spiro atoms. The molecule has 0 saturated carbocycles. The molecule has 2 aromatic rings. The smallest absolute Gasteiger partial charge is 0.221 e. The highest BCUT2D eigenvalue weighted by Gasteiger charge is 2.37. The number of nitrogens with two attached hydrogens (primary N) is 1. The van der Waals surface area contributed by atoms with Gasteiger partial charge in [-0.2, -0.15) is 0 Å². The summed E-state index contributed by atoms with van der Waals surface area (Å²) < 4.78 is 0. The second kappa shape index (κ2) is 9.09. The number of hydrogen-bond acceptors (Lipinski definition) is 3. The summed E-state index contributed by atoms with van der Waals surface area (Å²) in [6.45, 7) is 11.8. The van der Waals surface area contributed by atoms with Crippen LogP contribution in [0.5, 0.6) is 0 Å². The SMILES string of the molecule is C=CCC(c1ncccc1C)C(C(N)=O)C(CC=C)c1ncccc1C. The van der Waals surface area contributed by atoms with E-state index in [0.717, 1.165) is 22.5 Å². The Bertz CT molecular complexity index is 725. The predicted octanol–water partition coefficient (Wildman–Crippen LogP) is 4.21. The molecule has 0 bridgehead atoms. The third kappa shape index (κ3) is 4.26. The number of rotatable bonds is 9.